The van der Waals surface area contributed by atoms with E-state index in [4.69, 9.17) is 5.11 Å². The van der Waals surface area contributed by atoms with E-state index >= 15 is 0 Å². The molecule has 0 bridgehead atoms. The molecule has 2 rings (SSSR count). The molecule has 2 aromatic rings. The minimum Gasteiger partial charge on any atom is -0.449 e. The number of carboxylic acid groups (broad SMARTS) is 1. The zero-order valence-corrected chi connectivity index (χ0v) is 12.2. The van der Waals surface area contributed by atoms with E-state index in [2.05, 4.69) is 22.0 Å². The number of rotatable bonds is 5. The second kappa shape index (κ2) is 6.49. The number of thiophene rings is 1. The van der Waals surface area contributed by atoms with E-state index in [1.165, 1.54) is 5.38 Å². The Labute approximate surface area is 123 Å². The summed E-state index contributed by atoms with van der Waals surface area (Å²) in [5.41, 5.74) is 0.578. The highest BCUT2D eigenvalue weighted by Gasteiger charge is 2.12. The van der Waals surface area contributed by atoms with Crippen molar-refractivity contribution in [2.75, 3.05) is 5.32 Å². The summed E-state index contributed by atoms with van der Waals surface area (Å²) in [6.07, 6.45) is 0.547. The Kier molecular flexibility index (Phi) is 4.70. The van der Waals surface area contributed by atoms with Crippen molar-refractivity contribution < 1.29 is 19.4 Å². The van der Waals surface area contributed by atoms with Crippen LogP contribution in [-0.4, -0.2) is 22.2 Å². The van der Waals surface area contributed by atoms with Crippen LogP contribution in [0, 0.1) is 0 Å². The minimum absolute atomic E-state index is 0.0465. The van der Waals surface area contributed by atoms with Crippen LogP contribution in [0.2, 0.25) is 0 Å². The molecule has 8 heteroatoms. The van der Waals surface area contributed by atoms with Gasteiger partial charge in [0, 0.05) is 10.3 Å². The van der Waals surface area contributed by atoms with Gasteiger partial charge in [0.05, 0.1) is 10.9 Å². The molecule has 20 heavy (non-hydrogen) atoms. The largest absolute Gasteiger partial charge is 0.512 e. The Balaban J connectivity index is 1.99. The Hall–Kier alpha value is -1.93. The molecule has 106 valence electrons. The monoisotopic (exact) mass is 312 g/mol. The van der Waals surface area contributed by atoms with Crippen molar-refractivity contribution in [1.82, 2.24) is 4.98 Å². The summed E-state index contributed by atoms with van der Waals surface area (Å²) in [7, 11) is 0. The topological polar surface area (TPSA) is 88.5 Å². The normalized spacial score (nSPS) is 10.2. The van der Waals surface area contributed by atoms with Crippen molar-refractivity contribution in [3.05, 3.63) is 27.3 Å². The van der Waals surface area contributed by atoms with E-state index in [9.17, 15) is 9.59 Å². The van der Waals surface area contributed by atoms with Crippen LogP contribution in [0.3, 0.4) is 0 Å². The number of nitrogens with one attached hydrogen (secondary N) is 1. The molecular weight excluding hydrogens is 300 g/mol. The maximum Gasteiger partial charge on any atom is 0.512 e. The van der Waals surface area contributed by atoms with Gasteiger partial charge in [-0.25, -0.2) is 4.79 Å². The molecule has 2 heterocycles. The lowest BCUT2D eigenvalue weighted by Crippen LogP contribution is -2.10. The van der Waals surface area contributed by atoms with E-state index in [0.717, 1.165) is 29.1 Å². The quantitative estimate of drug-likeness (QED) is 0.825. The number of carbonyl (C=O) groups is 2. The van der Waals surface area contributed by atoms with E-state index in [0.29, 0.717) is 10.7 Å². The lowest BCUT2D eigenvalue weighted by atomic mass is 10.2. The maximum absolute atomic E-state index is 12.0. The summed E-state index contributed by atoms with van der Waals surface area (Å²) in [5, 5.41) is 14.6. The van der Waals surface area contributed by atoms with Crippen molar-refractivity contribution in [1.29, 1.82) is 0 Å². The summed E-state index contributed by atoms with van der Waals surface area (Å²) < 4.78 is 4.38. The van der Waals surface area contributed by atoms with Crippen LogP contribution in [0.25, 0.3) is 0 Å². The summed E-state index contributed by atoms with van der Waals surface area (Å²) in [6.45, 7) is 2.08. The van der Waals surface area contributed by atoms with Gasteiger partial charge in [-0.15, -0.1) is 22.7 Å². The molecule has 0 atom stereocenters. The molecule has 0 fully saturated rings. The molecule has 6 nitrogen and oxygen atoms in total. The highest BCUT2D eigenvalue weighted by molar-refractivity contribution is 7.14. The van der Waals surface area contributed by atoms with Crippen LogP contribution < -0.4 is 10.1 Å². The SMILES string of the molecule is CCCc1cc(C(=O)Nc2nc(OC(=O)O)cs2)cs1. The predicted molar refractivity (Wildman–Crippen MR) is 77.0 cm³/mol. The van der Waals surface area contributed by atoms with Gasteiger partial charge >= 0.3 is 6.16 Å². The molecule has 0 radical (unpaired) electrons. The Morgan fingerprint density at radius 3 is 2.90 bits per heavy atom. The maximum atomic E-state index is 12.0. The highest BCUT2D eigenvalue weighted by Crippen LogP contribution is 2.23. The van der Waals surface area contributed by atoms with Crippen LogP contribution in [0.15, 0.2) is 16.8 Å². The second-order valence-electron chi connectivity index (χ2n) is 3.86. The zero-order chi connectivity index (χ0) is 14.5. The predicted octanol–water partition coefficient (Wildman–Crippen LogP) is 3.47. The number of amides is 1. The van der Waals surface area contributed by atoms with E-state index in [-0.39, 0.29) is 11.8 Å². The van der Waals surface area contributed by atoms with Gasteiger partial charge in [0.25, 0.3) is 5.91 Å². The first-order valence-electron chi connectivity index (χ1n) is 5.83. The van der Waals surface area contributed by atoms with Crippen molar-refractivity contribution in [3.63, 3.8) is 0 Å². The molecule has 0 saturated carbocycles. The van der Waals surface area contributed by atoms with Gasteiger partial charge in [0.2, 0.25) is 5.88 Å². The van der Waals surface area contributed by atoms with Crippen molar-refractivity contribution in [3.8, 4) is 5.88 Å². The fraction of sp³-hybridized carbons (Fsp3) is 0.250. The molecule has 0 aliphatic rings. The third-order valence-corrected chi connectivity index (χ3v) is 4.04. The number of ether oxygens (including phenoxy) is 1. The molecule has 1 amide bonds. The number of carbonyl (C=O) groups excluding carboxylic acids is 1. The Morgan fingerprint density at radius 2 is 2.20 bits per heavy atom. The molecule has 0 aromatic carbocycles. The molecule has 2 N–H and O–H groups in total. The Bertz CT molecular complexity index is 621. The third-order valence-electron chi connectivity index (χ3n) is 2.31. The molecular formula is C12H12N2O4S2. The van der Waals surface area contributed by atoms with Crippen LogP contribution in [0.1, 0.15) is 28.6 Å². The lowest BCUT2D eigenvalue weighted by Gasteiger charge is -1.98. The number of hydrogen-bond acceptors (Lipinski definition) is 6. The van der Waals surface area contributed by atoms with Gasteiger partial charge in [0.15, 0.2) is 5.13 Å². The molecule has 0 aliphatic carbocycles. The van der Waals surface area contributed by atoms with E-state index < -0.39 is 6.16 Å². The van der Waals surface area contributed by atoms with E-state index in [1.807, 2.05) is 6.07 Å². The molecule has 0 saturated heterocycles. The highest BCUT2D eigenvalue weighted by atomic mass is 32.1. The van der Waals surface area contributed by atoms with Crippen LogP contribution in [0.4, 0.5) is 9.93 Å². The lowest BCUT2D eigenvalue weighted by molar-refractivity contribution is 0.102. The van der Waals surface area contributed by atoms with Gasteiger partial charge in [0.1, 0.15) is 0 Å². The third kappa shape index (κ3) is 3.78. The zero-order valence-electron chi connectivity index (χ0n) is 10.6. The number of thiazole rings is 1. The number of anilines is 1. The van der Waals surface area contributed by atoms with Crippen molar-refractivity contribution >= 4 is 39.9 Å². The van der Waals surface area contributed by atoms with Gasteiger partial charge in [-0.05, 0) is 12.5 Å². The summed E-state index contributed by atoms with van der Waals surface area (Å²) in [6, 6.07) is 1.85. The van der Waals surface area contributed by atoms with Crippen LogP contribution in [-0.2, 0) is 6.42 Å². The number of aromatic nitrogens is 1. The number of hydrogen-bond donors (Lipinski definition) is 2. The number of aryl methyl sites for hydroxylation is 1. The average molecular weight is 312 g/mol. The van der Waals surface area contributed by atoms with E-state index in [1.54, 1.807) is 16.7 Å². The molecule has 0 spiro atoms. The molecule has 2 aromatic heterocycles. The summed E-state index contributed by atoms with van der Waals surface area (Å²) in [5.74, 6) is -0.311. The van der Waals surface area contributed by atoms with Gasteiger partial charge in [-0.3, -0.25) is 10.1 Å². The smallest absolute Gasteiger partial charge is 0.449 e. The average Bonchev–Trinajstić information content (AvgIpc) is 2.99. The fourth-order valence-corrected chi connectivity index (χ4v) is 3.08. The molecule has 0 unspecified atom stereocenters. The first kappa shape index (κ1) is 14.5. The van der Waals surface area contributed by atoms with Gasteiger partial charge in [-0.2, -0.15) is 4.98 Å². The second-order valence-corrected chi connectivity index (χ2v) is 5.72. The molecule has 0 aliphatic heterocycles. The van der Waals surface area contributed by atoms with Gasteiger partial charge < -0.3 is 9.84 Å². The first-order valence-corrected chi connectivity index (χ1v) is 7.59. The minimum atomic E-state index is -1.43. The standard InChI is InChI=1S/C12H12N2O4S2/c1-2-3-8-4-7(5-19-8)10(15)14-11-13-9(6-20-11)18-12(16)17/h4-6H,2-3H2,1H3,(H,16,17)(H,13,14,15). The fourth-order valence-electron chi connectivity index (χ4n) is 1.50. The van der Waals surface area contributed by atoms with Crippen LogP contribution >= 0.6 is 22.7 Å². The Morgan fingerprint density at radius 1 is 1.40 bits per heavy atom. The van der Waals surface area contributed by atoms with Crippen molar-refractivity contribution in [2.45, 2.75) is 19.8 Å². The number of nitrogens with zero attached hydrogens (tertiary/aromatic N) is 1. The summed E-state index contributed by atoms with van der Waals surface area (Å²) >= 11 is 2.65. The summed E-state index contributed by atoms with van der Waals surface area (Å²) in [4.78, 5) is 27.3. The van der Waals surface area contributed by atoms with Gasteiger partial charge in [-0.1, -0.05) is 13.3 Å². The first-order chi connectivity index (χ1) is 9.58. The van der Waals surface area contributed by atoms with Crippen molar-refractivity contribution in [2.24, 2.45) is 0 Å². The van der Waals surface area contributed by atoms with Crippen LogP contribution in [0.5, 0.6) is 5.88 Å².